The largest absolute Gasteiger partial charge is 0.370 e. The van der Waals surface area contributed by atoms with E-state index in [1.165, 1.54) is 54.5 Å². The van der Waals surface area contributed by atoms with Crippen molar-refractivity contribution in [3.05, 3.63) is 28.2 Å². The molecule has 3 heteroatoms. The molecule has 2 unspecified atom stereocenters. The van der Waals surface area contributed by atoms with Crippen LogP contribution in [-0.4, -0.2) is 13.1 Å². The molecule has 2 fully saturated rings. The SMILES string of the molecule is NCc1ccc(N2CC3CCCC(C3)C2)c(Br)c1. The first kappa shape index (κ1) is 12.5. The van der Waals surface area contributed by atoms with Gasteiger partial charge in [0.05, 0.1) is 5.69 Å². The van der Waals surface area contributed by atoms with Gasteiger partial charge >= 0.3 is 0 Å². The molecule has 1 aliphatic carbocycles. The first-order chi connectivity index (χ1) is 8.76. The Bertz CT molecular complexity index is 421. The number of hydrogen-bond donors (Lipinski definition) is 1. The fourth-order valence-electron chi connectivity index (χ4n) is 3.56. The van der Waals surface area contributed by atoms with E-state index < -0.39 is 0 Å². The molecule has 1 saturated carbocycles. The molecule has 0 spiro atoms. The predicted octanol–water partition coefficient (Wildman–Crippen LogP) is 3.53. The van der Waals surface area contributed by atoms with Crippen molar-refractivity contribution in [3.8, 4) is 0 Å². The van der Waals surface area contributed by atoms with E-state index in [1.807, 2.05) is 0 Å². The molecular weight excluding hydrogens is 288 g/mol. The maximum atomic E-state index is 5.69. The number of halogens is 1. The minimum atomic E-state index is 0.615. The number of benzene rings is 1. The van der Waals surface area contributed by atoms with Gasteiger partial charge in [-0.05, 0) is 64.7 Å². The molecule has 2 nitrogen and oxygen atoms in total. The summed E-state index contributed by atoms with van der Waals surface area (Å²) >= 11 is 3.71. The second-order valence-corrected chi connectivity index (χ2v) is 6.65. The van der Waals surface area contributed by atoms with Gasteiger partial charge in [-0.3, -0.25) is 0 Å². The molecule has 0 radical (unpaired) electrons. The maximum absolute atomic E-state index is 5.69. The average Bonchev–Trinajstić information content (AvgIpc) is 2.38. The van der Waals surface area contributed by atoms with Gasteiger partial charge in [0.25, 0.3) is 0 Å². The number of piperidine rings is 1. The van der Waals surface area contributed by atoms with Crippen LogP contribution >= 0.6 is 15.9 Å². The van der Waals surface area contributed by atoms with Crippen LogP contribution in [0.1, 0.15) is 31.2 Å². The molecule has 1 heterocycles. The van der Waals surface area contributed by atoms with Crippen LogP contribution in [0.5, 0.6) is 0 Å². The fourth-order valence-corrected chi connectivity index (χ4v) is 4.24. The van der Waals surface area contributed by atoms with Crippen molar-refractivity contribution < 1.29 is 0 Å². The highest BCUT2D eigenvalue weighted by atomic mass is 79.9. The second-order valence-electron chi connectivity index (χ2n) is 5.79. The van der Waals surface area contributed by atoms with Gasteiger partial charge in [-0.25, -0.2) is 0 Å². The molecule has 1 saturated heterocycles. The molecule has 0 aromatic heterocycles. The van der Waals surface area contributed by atoms with Gasteiger partial charge in [-0.15, -0.1) is 0 Å². The van der Waals surface area contributed by atoms with Crippen LogP contribution in [0.2, 0.25) is 0 Å². The summed E-state index contributed by atoms with van der Waals surface area (Å²) in [5.41, 5.74) is 8.24. The van der Waals surface area contributed by atoms with E-state index in [1.54, 1.807) is 0 Å². The van der Waals surface area contributed by atoms with Crippen LogP contribution in [0.4, 0.5) is 5.69 Å². The smallest absolute Gasteiger partial charge is 0.0511 e. The summed E-state index contributed by atoms with van der Waals surface area (Å²) in [6.45, 7) is 3.08. The lowest BCUT2D eigenvalue weighted by Gasteiger charge is -2.42. The topological polar surface area (TPSA) is 29.3 Å². The van der Waals surface area contributed by atoms with Gasteiger partial charge in [-0.1, -0.05) is 12.5 Å². The van der Waals surface area contributed by atoms with Gasteiger partial charge in [0.15, 0.2) is 0 Å². The first-order valence-electron chi connectivity index (χ1n) is 6.99. The van der Waals surface area contributed by atoms with Crippen LogP contribution in [0, 0.1) is 11.8 Å². The normalized spacial score (nSPS) is 27.3. The predicted molar refractivity (Wildman–Crippen MR) is 79.7 cm³/mol. The Morgan fingerprint density at radius 2 is 1.94 bits per heavy atom. The monoisotopic (exact) mass is 308 g/mol. The first-order valence-corrected chi connectivity index (χ1v) is 7.79. The highest BCUT2D eigenvalue weighted by molar-refractivity contribution is 9.10. The molecule has 98 valence electrons. The van der Waals surface area contributed by atoms with E-state index in [9.17, 15) is 0 Å². The van der Waals surface area contributed by atoms with Gasteiger partial charge < -0.3 is 10.6 Å². The molecule has 1 aromatic carbocycles. The Morgan fingerprint density at radius 3 is 2.56 bits per heavy atom. The van der Waals surface area contributed by atoms with E-state index in [0.29, 0.717) is 6.54 Å². The Balaban J connectivity index is 1.82. The maximum Gasteiger partial charge on any atom is 0.0511 e. The summed E-state index contributed by atoms with van der Waals surface area (Å²) in [5, 5.41) is 0. The quantitative estimate of drug-likeness (QED) is 0.905. The molecule has 2 aliphatic rings. The molecule has 2 N–H and O–H groups in total. The van der Waals surface area contributed by atoms with Crippen molar-refractivity contribution in [2.45, 2.75) is 32.2 Å². The molecule has 0 amide bonds. The van der Waals surface area contributed by atoms with Gasteiger partial charge in [0.2, 0.25) is 0 Å². The summed E-state index contributed by atoms with van der Waals surface area (Å²) in [6, 6.07) is 6.55. The van der Waals surface area contributed by atoms with Crippen molar-refractivity contribution in [1.82, 2.24) is 0 Å². The third-order valence-electron chi connectivity index (χ3n) is 4.44. The fraction of sp³-hybridized carbons (Fsp3) is 0.600. The van der Waals surface area contributed by atoms with Crippen LogP contribution in [0.3, 0.4) is 0 Å². The summed E-state index contributed by atoms with van der Waals surface area (Å²) in [4.78, 5) is 2.57. The lowest BCUT2D eigenvalue weighted by Crippen LogP contribution is -2.42. The van der Waals surface area contributed by atoms with E-state index >= 15 is 0 Å². The molecule has 1 aromatic rings. The van der Waals surface area contributed by atoms with Crippen molar-refractivity contribution in [2.75, 3.05) is 18.0 Å². The van der Waals surface area contributed by atoms with Gasteiger partial charge in [0.1, 0.15) is 0 Å². The van der Waals surface area contributed by atoms with Crippen LogP contribution in [0.25, 0.3) is 0 Å². The minimum Gasteiger partial charge on any atom is -0.370 e. The van der Waals surface area contributed by atoms with E-state index in [-0.39, 0.29) is 0 Å². The summed E-state index contributed by atoms with van der Waals surface area (Å²) in [6.07, 6.45) is 5.74. The molecule has 18 heavy (non-hydrogen) atoms. The Morgan fingerprint density at radius 1 is 1.22 bits per heavy atom. The number of nitrogens with two attached hydrogens (primary N) is 1. The summed E-state index contributed by atoms with van der Waals surface area (Å²) in [5.74, 6) is 1.83. The van der Waals surface area contributed by atoms with Crippen molar-refractivity contribution >= 4 is 21.6 Å². The highest BCUT2D eigenvalue weighted by Gasteiger charge is 2.31. The van der Waals surface area contributed by atoms with Crippen LogP contribution < -0.4 is 10.6 Å². The highest BCUT2D eigenvalue weighted by Crippen LogP contribution is 2.38. The number of nitrogens with zero attached hydrogens (tertiary/aromatic N) is 1. The number of anilines is 1. The van der Waals surface area contributed by atoms with E-state index in [2.05, 4.69) is 39.0 Å². The zero-order chi connectivity index (χ0) is 12.5. The van der Waals surface area contributed by atoms with E-state index in [0.717, 1.165) is 11.8 Å². The number of rotatable bonds is 2. The van der Waals surface area contributed by atoms with Gasteiger partial charge in [-0.2, -0.15) is 0 Å². The summed E-state index contributed by atoms with van der Waals surface area (Å²) < 4.78 is 1.20. The molecule has 3 rings (SSSR count). The van der Waals surface area contributed by atoms with Crippen molar-refractivity contribution in [1.29, 1.82) is 0 Å². The van der Waals surface area contributed by atoms with E-state index in [4.69, 9.17) is 5.73 Å². The van der Waals surface area contributed by atoms with Crippen molar-refractivity contribution in [3.63, 3.8) is 0 Å². The van der Waals surface area contributed by atoms with Gasteiger partial charge in [0, 0.05) is 24.1 Å². The zero-order valence-electron chi connectivity index (χ0n) is 10.7. The molecule has 1 aliphatic heterocycles. The summed E-state index contributed by atoms with van der Waals surface area (Å²) in [7, 11) is 0. The average molecular weight is 309 g/mol. The minimum absolute atomic E-state index is 0.615. The third kappa shape index (κ3) is 2.43. The molecule has 2 bridgehead atoms. The Kier molecular flexibility index (Phi) is 3.62. The standard InChI is InChI=1S/C15H21BrN2/c16-14-7-11(8-17)4-5-15(14)18-9-12-2-1-3-13(6-12)10-18/h4-5,7,12-13H,1-3,6,8-10,17H2. The number of fused-ring (bicyclic) bond motifs is 2. The molecule has 2 atom stereocenters. The van der Waals surface area contributed by atoms with Crippen molar-refractivity contribution in [2.24, 2.45) is 17.6 Å². The van der Waals surface area contributed by atoms with Crippen LogP contribution in [-0.2, 0) is 6.54 Å². The molecular formula is C15H21BrN2. The third-order valence-corrected chi connectivity index (χ3v) is 5.07. The lowest BCUT2D eigenvalue weighted by atomic mass is 9.78. The Labute approximate surface area is 118 Å². The lowest BCUT2D eigenvalue weighted by molar-refractivity contribution is 0.231. The van der Waals surface area contributed by atoms with Crippen LogP contribution in [0.15, 0.2) is 22.7 Å². The second kappa shape index (κ2) is 5.22. The number of hydrogen-bond acceptors (Lipinski definition) is 2. The Hall–Kier alpha value is -0.540. The zero-order valence-corrected chi connectivity index (χ0v) is 12.3.